The molecule has 3 rings (SSSR count). The molecule has 1 amide bonds. The van der Waals surface area contributed by atoms with Crippen LogP contribution < -0.4 is 10.0 Å². The first-order valence-electron chi connectivity index (χ1n) is 8.31. The van der Waals surface area contributed by atoms with Gasteiger partial charge in [-0.05, 0) is 43.2 Å². The molecule has 0 unspecified atom stereocenters. The molecule has 0 bridgehead atoms. The van der Waals surface area contributed by atoms with Gasteiger partial charge in [0, 0.05) is 6.07 Å². The van der Waals surface area contributed by atoms with E-state index in [1.165, 1.54) is 0 Å². The zero-order chi connectivity index (χ0) is 21.2. The topological polar surface area (TPSA) is 101 Å². The van der Waals surface area contributed by atoms with Crippen LogP contribution in [-0.2, 0) is 16.6 Å². The summed E-state index contributed by atoms with van der Waals surface area (Å²) in [7, 11) is -3.78. The average molecular weight is 438 g/mol. The first-order chi connectivity index (χ1) is 13.7. The average Bonchev–Trinajstić information content (AvgIpc) is 3.13. The third kappa shape index (κ3) is 5.00. The molecule has 2 N–H and O–H groups in total. The lowest BCUT2D eigenvalue weighted by atomic mass is 10.2. The van der Waals surface area contributed by atoms with Crippen molar-refractivity contribution in [2.24, 2.45) is 0 Å². The van der Waals surface area contributed by atoms with E-state index in [-0.39, 0.29) is 27.1 Å². The summed E-state index contributed by atoms with van der Waals surface area (Å²) in [5.41, 5.74) is 1.20. The molecule has 11 heteroatoms. The number of carbonyl (C=O) groups excluding carboxylic acids is 1. The molecule has 0 atom stereocenters. The summed E-state index contributed by atoms with van der Waals surface area (Å²) in [6, 6.07) is 7.83. The van der Waals surface area contributed by atoms with Gasteiger partial charge in [0.25, 0.3) is 5.91 Å². The van der Waals surface area contributed by atoms with Gasteiger partial charge >= 0.3 is 0 Å². The van der Waals surface area contributed by atoms with Crippen molar-refractivity contribution in [3.8, 4) is 0 Å². The fraction of sp³-hybridized carbons (Fsp3) is 0.167. The minimum atomic E-state index is -3.78. The maximum atomic E-state index is 13.6. The number of aryl methyl sites for hydroxylation is 2. The summed E-state index contributed by atoms with van der Waals surface area (Å²) in [6.45, 7) is 3.32. The molecule has 29 heavy (non-hydrogen) atoms. The number of aromatic nitrogens is 2. The summed E-state index contributed by atoms with van der Waals surface area (Å²) in [4.78, 5) is 12.3. The van der Waals surface area contributed by atoms with E-state index >= 15 is 0 Å². The van der Waals surface area contributed by atoms with Gasteiger partial charge in [-0.25, -0.2) is 21.9 Å². The summed E-state index contributed by atoms with van der Waals surface area (Å²) in [6.07, 6.45) is 0. The quantitative estimate of drug-likeness (QED) is 0.616. The van der Waals surface area contributed by atoms with E-state index in [9.17, 15) is 22.0 Å². The molecule has 0 saturated carbocycles. The summed E-state index contributed by atoms with van der Waals surface area (Å²) >= 11 is 0.855. The van der Waals surface area contributed by atoms with Gasteiger partial charge in [-0.15, -0.1) is 10.2 Å². The van der Waals surface area contributed by atoms with Gasteiger partial charge in [-0.2, -0.15) is 0 Å². The molecular formula is C18H16F2N4O3S2. The van der Waals surface area contributed by atoms with E-state index in [1.54, 1.807) is 26.0 Å². The maximum absolute atomic E-state index is 13.6. The number of sulfonamides is 1. The van der Waals surface area contributed by atoms with E-state index in [0.717, 1.165) is 29.0 Å². The highest BCUT2D eigenvalue weighted by atomic mass is 32.2. The molecule has 0 saturated heterocycles. The predicted molar refractivity (Wildman–Crippen MR) is 104 cm³/mol. The van der Waals surface area contributed by atoms with Gasteiger partial charge in [-0.1, -0.05) is 23.5 Å². The highest BCUT2D eigenvalue weighted by Gasteiger charge is 2.19. The van der Waals surface area contributed by atoms with E-state index in [4.69, 9.17) is 0 Å². The van der Waals surface area contributed by atoms with Crippen LogP contribution in [0.5, 0.6) is 0 Å². The number of nitrogens with zero attached hydrogens (tertiary/aromatic N) is 2. The number of benzene rings is 2. The first kappa shape index (κ1) is 21.0. The lowest BCUT2D eigenvalue weighted by Gasteiger charge is -2.09. The van der Waals surface area contributed by atoms with Crippen molar-refractivity contribution >= 4 is 33.0 Å². The Morgan fingerprint density at radius 2 is 1.86 bits per heavy atom. The Labute approximate surface area is 169 Å². The van der Waals surface area contributed by atoms with Gasteiger partial charge in [0.15, 0.2) is 0 Å². The lowest BCUT2D eigenvalue weighted by Crippen LogP contribution is -2.24. The molecule has 152 valence electrons. The SMILES string of the molecule is Cc1ccc(C)c(S(=O)(=O)NCc2nnc(C(=O)Nc3ccc(F)cc3F)s2)c1. The molecule has 0 aliphatic carbocycles. The Morgan fingerprint density at radius 3 is 2.59 bits per heavy atom. The van der Waals surface area contributed by atoms with E-state index in [0.29, 0.717) is 11.6 Å². The zero-order valence-corrected chi connectivity index (χ0v) is 17.0. The summed E-state index contributed by atoms with van der Waals surface area (Å²) in [5.74, 6) is -2.43. The van der Waals surface area contributed by atoms with E-state index in [2.05, 4.69) is 20.2 Å². The molecule has 7 nitrogen and oxygen atoms in total. The lowest BCUT2D eigenvalue weighted by molar-refractivity contribution is 0.102. The molecule has 3 aromatic rings. The number of halogens is 2. The standard InChI is InChI=1S/C18H16F2N4O3S2/c1-10-3-4-11(2)15(7-10)29(26,27)21-9-16-23-24-18(28-16)17(25)22-14-6-5-12(19)8-13(14)20/h3-8,21H,9H2,1-2H3,(H,22,25). The number of anilines is 1. The Hall–Kier alpha value is -2.76. The highest BCUT2D eigenvalue weighted by molar-refractivity contribution is 7.89. The van der Waals surface area contributed by atoms with Crippen molar-refractivity contribution in [3.05, 3.63) is 69.2 Å². The third-order valence-electron chi connectivity index (χ3n) is 3.89. The normalized spacial score (nSPS) is 11.4. The van der Waals surface area contributed by atoms with Crippen LogP contribution in [0.15, 0.2) is 41.3 Å². The van der Waals surface area contributed by atoms with Gasteiger partial charge in [0.1, 0.15) is 16.6 Å². The first-order valence-corrected chi connectivity index (χ1v) is 10.6. The monoisotopic (exact) mass is 438 g/mol. The summed E-state index contributed by atoms with van der Waals surface area (Å²) < 4.78 is 54.0. The van der Waals surface area contributed by atoms with Gasteiger partial charge in [0.05, 0.1) is 17.1 Å². The van der Waals surface area contributed by atoms with Crippen LogP contribution in [0.1, 0.15) is 25.9 Å². The van der Waals surface area contributed by atoms with Crippen LogP contribution in [-0.4, -0.2) is 24.5 Å². The van der Waals surface area contributed by atoms with Crippen molar-refractivity contribution in [2.75, 3.05) is 5.32 Å². The number of nitrogens with one attached hydrogen (secondary N) is 2. The molecule has 0 aliphatic rings. The van der Waals surface area contributed by atoms with Crippen LogP contribution in [0.3, 0.4) is 0 Å². The second-order valence-electron chi connectivity index (χ2n) is 6.17. The Kier molecular flexibility index (Phi) is 6.01. The highest BCUT2D eigenvalue weighted by Crippen LogP contribution is 2.19. The molecule has 1 heterocycles. The fourth-order valence-corrected chi connectivity index (χ4v) is 4.50. The third-order valence-corrected chi connectivity index (χ3v) is 6.35. The number of amides is 1. The molecular weight excluding hydrogens is 422 g/mol. The Balaban J connectivity index is 1.68. The second-order valence-corrected chi connectivity index (χ2v) is 8.97. The molecule has 0 radical (unpaired) electrons. The second kappa shape index (κ2) is 8.31. The van der Waals surface area contributed by atoms with Crippen molar-refractivity contribution in [1.29, 1.82) is 0 Å². The van der Waals surface area contributed by atoms with Crippen LogP contribution in [0, 0.1) is 25.5 Å². The van der Waals surface area contributed by atoms with Crippen molar-refractivity contribution in [1.82, 2.24) is 14.9 Å². The largest absolute Gasteiger partial charge is 0.317 e. The van der Waals surface area contributed by atoms with Gasteiger partial charge < -0.3 is 5.32 Å². The molecule has 1 aromatic heterocycles. The van der Waals surface area contributed by atoms with E-state index in [1.807, 2.05) is 6.07 Å². The zero-order valence-electron chi connectivity index (χ0n) is 15.4. The maximum Gasteiger partial charge on any atom is 0.286 e. The molecule has 0 spiro atoms. The van der Waals surface area contributed by atoms with Gasteiger partial charge in [0.2, 0.25) is 15.0 Å². The molecule has 0 aliphatic heterocycles. The number of hydrogen-bond donors (Lipinski definition) is 2. The van der Waals surface area contributed by atoms with Crippen molar-refractivity contribution in [2.45, 2.75) is 25.3 Å². The van der Waals surface area contributed by atoms with Crippen LogP contribution in [0.25, 0.3) is 0 Å². The number of hydrogen-bond acceptors (Lipinski definition) is 6. The summed E-state index contributed by atoms with van der Waals surface area (Å²) in [5, 5.41) is 9.90. The molecule has 2 aromatic carbocycles. The van der Waals surface area contributed by atoms with Crippen molar-refractivity contribution in [3.63, 3.8) is 0 Å². The smallest absolute Gasteiger partial charge is 0.286 e. The van der Waals surface area contributed by atoms with Crippen LogP contribution in [0.2, 0.25) is 0 Å². The minimum Gasteiger partial charge on any atom is -0.317 e. The van der Waals surface area contributed by atoms with Crippen molar-refractivity contribution < 1.29 is 22.0 Å². The predicted octanol–water partition coefficient (Wildman–Crippen LogP) is 3.16. The Bertz CT molecular complexity index is 1180. The minimum absolute atomic E-state index is 0.0883. The number of rotatable bonds is 6. The Morgan fingerprint density at radius 1 is 1.10 bits per heavy atom. The number of carbonyl (C=O) groups is 1. The fourth-order valence-electron chi connectivity index (χ4n) is 2.41. The van der Waals surface area contributed by atoms with Gasteiger partial charge in [-0.3, -0.25) is 4.79 Å². The van der Waals surface area contributed by atoms with E-state index < -0.39 is 27.6 Å². The van der Waals surface area contributed by atoms with Crippen LogP contribution in [0.4, 0.5) is 14.5 Å². The van der Waals surface area contributed by atoms with Crippen LogP contribution >= 0.6 is 11.3 Å². The molecule has 0 fully saturated rings.